The van der Waals surface area contributed by atoms with Gasteiger partial charge in [-0.15, -0.1) is 0 Å². The average Bonchev–Trinajstić information content (AvgIpc) is 2.63. The highest BCUT2D eigenvalue weighted by Gasteiger charge is 2.29. The number of nitrogens with one attached hydrogen (secondary N) is 1. The van der Waals surface area contributed by atoms with E-state index in [1.165, 1.54) is 24.3 Å². The van der Waals surface area contributed by atoms with E-state index >= 15 is 0 Å². The highest BCUT2D eigenvalue weighted by atomic mass is 19.1. The summed E-state index contributed by atoms with van der Waals surface area (Å²) in [5.74, 6) is -0.00576. The topological polar surface area (TPSA) is 58.4 Å². The first-order chi connectivity index (χ1) is 8.06. The third-order valence-corrected chi connectivity index (χ3v) is 3.05. The van der Waals surface area contributed by atoms with E-state index in [0.717, 1.165) is 0 Å². The Kier molecular flexibility index (Phi) is 3.28. The molecular weight excluding hydrogens is 221 g/mol. The van der Waals surface area contributed by atoms with Gasteiger partial charge in [-0.1, -0.05) is 6.92 Å². The van der Waals surface area contributed by atoms with Gasteiger partial charge in [-0.05, 0) is 30.2 Å². The molecule has 1 saturated heterocycles. The number of benzene rings is 1. The molecule has 92 valence electrons. The van der Waals surface area contributed by atoms with E-state index in [-0.39, 0.29) is 17.9 Å². The Morgan fingerprint density at radius 1 is 1.41 bits per heavy atom. The van der Waals surface area contributed by atoms with Gasteiger partial charge >= 0.3 is 6.03 Å². The molecule has 1 aromatic rings. The minimum atomic E-state index is -0.320. The van der Waals surface area contributed by atoms with Crippen LogP contribution in [0.3, 0.4) is 0 Å². The lowest BCUT2D eigenvalue weighted by Crippen LogP contribution is -2.35. The van der Waals surface area contributed by atoms with Gasteiger partial charge in [0.05, 0.1) is 0 Å². The number of amides is 2. The van der Waals surface area contributed by atoms with E-state index in [1.807, 2.05) is 6.92 Å². The first kappa shape index (κ1) is 11.9. The van der Waals surface area contributed by atoms with Gasteiger partial charge in [0.1, 0.15) is 5.82 Å². The number of rotatable bonds is 1. The second-order valence-corrected chi connectivity index (χ2v) is 4.48. The fourth-order valence-corrected chi connectivity index (χ4v) is 1.89. The standard InChI is InChI=1S/C12H16FN3O/c1-8-6-16(7-11(8)14)12(17)15-10-4-2-9(13)3-5-10/h2-5,8,11H,6-7,14H2,1H3,(H,15,17). The van der Waals surface area contributed by atoms with Gasteiger partial charge < -0.3 is 16.0 Å². The zero-order valence-corrected chi connectivity index (χ0v) is 9.69. The number of anilines is 1. The molecule has 3 N–H and O–H groups in total. The largest absolute Gasteiger partial charge is 0.326 e. The summed E-state index contributed by atoms with van der Waals surface area (Å²) in [5, 5.41) is 2.72. The number of carbonyl (C=O) groups is 1. The van der Waals surface area contributed by atoms with Gasteiger partial charge in [0.2, 0.25) is 0 Å². The van der Waals surface area contributed by atoms with Crippen molar-refractivity contribution in [2.45, 2.75) is 13.0 Å². The number of carbonyl (C=O) groups excluding carboxylic acids is 1. The summed E-state index contributed by atoms with van der Waals surface area (Å²) in [6.07, 6.45) is 0. The van der Waals surface area contributed by atoms with Crippen molar-refractivity contribution in [3.63, 3.8) is 0 Å². The van der Waals surface area contributed by atoms with E-state index in [9.17, 15) is 9.18 Å². The third-order valence-electron chi connectivity index (χ3n) is 3.05. The van der Waals surface area contributed by atoms with Crippen LogP contribution in [0.5, 0.6) is 0 Å². The maximum Gasteiger partial charge on any atom is 0.321 e. The summed E-state index contributed by atoms with van der Waals surface area (Å²) in [5.41, 5.74) is 6.44. The quantitative estimate of drug-likeness (QED) is 0.780. The smallest absolute Gasteiger partial charge is 0.321 e. The molecule has 1 aliphatic heterocycles. The summed E-state index contributed by atoms with van der Waals surface area (Å²) in [6.45, 7) is 3.25. The van der Waals surface area contributed by atoms with Crippen LogP contribution < -0.4 is 11.1 Å². The first-order valence-corrected chi connectivity index (χ1v) is 5.63. The molecule has 2 unspecified atom stereocenters. The van der Waals surface area contributed by atoms with Crippen LogP contribution in [0, 0.1) is 11.7 Å². The maximum absolute atomic E-state index is 12.7. The summed E-state index contributed by atoms with van der Waals surface area (Å²) < 4.78 is 12.7. The molecule has 17 heavy (non-hydrogen) atoms. The molecule has 0 aliphatic carbocycles. The van der Waals surface area contributed by atoms with Gasteiger partial charge in [0.25, 0.3) is 0 Å². The number of hydrogen-bond acceptors (Lipinski definition) is 2. The van der Waals surface area contributed by atoms with Crippen LogP contribution in [0.4, 0.5) is 14.9 Å². The lowest BCUT2D eigenvalue weighted by Gasteiger charge is -2.16. The molecule has 0 bridgehead atoms. The summed E-state index contributed by atoms with van der Waals surface area (Å²) in [4.78, 5) is 13.5. The molecule has 0 spiro atoms. The fourth-order valence-electron chi connectivity index (χ4n) is 1.89. The lowest BCUT2D eigenvalue weighted by molar-refractivity contribution is 0.221. The Morgan fingerprint density at radius 3 is 2.59 bits per heavy atom. The number of nitrogens with two attached hydrogens (primary N) is 1. The average molecular weight is 237 g/mol. The minimum absolute atomic E-state index is 0.0361. The zero-order valence-electron chi connectivity index (χ0n) is 9.69. The molecule has 1 heterocycles. The van der Waals surface area contributed by atoms with Crippen molar-refractivity contribution in [3.8, 4) is 0 Å². The van der Waals surface area contributed by atoms with Crippen LogP contribution in [0.2, 0.25) is 0 Å². The van der Waals surface area contributed by atoms with Gasteiger partial charge in [-0.2, -0.15) is 0 Å². The second-order valence-electron chi connectivity index (χ2n) is 4.48. The van der Waals surface area contributed by atoms with E-state index < -0.39 is 0 Å². The van der Waals surface area contributed by atoms with E-state index in [0.29, 0.717) is 24.7 Å². The zero-order chi connectivity index (χ0) is 12.4. The SMILES string of the molecule is CC1CN(C(=O)Nc2ccc(F)cc2)CC1N. The Morgan fingerprint density at radius 2 is 2.06 bits per heavy atom. The number of urea groups is 1. The predicted molar refractivity (Wildman–Crippen MR) is 64.1 cm³/mol. The normalized spacial score (nSPS) is 23.8. The number of hydrogen-bond donors (Lipinski definition) is 2. The van der Waals surface area contributed by atoms with Crippen molar-refractivity contribution < 1.29 is 9.18 Å². The van der Waals surface area contributed by atoms with Crippen molar-refractivity contribution in [2.75, 3.05) is 18.4 Å². The van der Waals surface area contributed by atoms with Gasteiger partial charge in [0, 0.05) is 24.8 Å². The summed E-state index contributed by atoms with van der Waals surface area (Å²) >= 11 is 0. The van der Waals surface area contributed by atoms with Crippen LogP contribution in [0.25, 0.3) is 0 Å². The number of nitrogens with zero attached hydrogens (tertiary/aromatic N) is 1. The van der Waals surface area contributed by atoms with Crippen LogP contribution in [-0.4, -0.2) is 30.1 Å². The highest BCUT2D eigenvalue weighted by Crippen LogP contribution is 2.16. The lowest BCUT2D eigenvalue weighted by atomic mass is 10.1. The second kappa shape index (κ2) is 4.71. The molecule has 0 aromatic heterocycles. The molecular formula is C12H16FN3O. The van der Waals surface area contributed by atoms with Crippen LogP contribution in [-0.2, 0) is 0 Å². The van der Waals surface area contributed by atoms with Crippen molar-refractivity contribution in [1.29, 1.82) is 0 Å². The van der Waals surface area contributed by atoms with Crippen LogP contribution >= 0.6 is 0 Å². The number of halogens is 1. The summed E-state index contributed by atoms with van der Waals surface area (Å²) in [6, 6.07) is 5.55. The molecule has 2 amide bonds. The number of likely N-dealkylation sites (tertiary alicyclic amines) is 1. The van der Waals surface area contributed by atoms with Crippen molar-refractivity contribution in [1.82, 2.24) is 4.90 Å². The maximum atomic E-state index is 12.7. The highest BCUT2D eigenvalue weighted by molar-refractivity contribution is 5.89. The van der Waals surface area contributed by atoms with Gasteiger partial charge in [0.15, 0.2) is 0 Å². The van der Waals surface area contributed by atoms with Crippen molar-refractivity contribution >= 4 is 11.7 Å². The Hall–Kier alpha value is -1.62. The minimum Gasteiger partial charge on any atom is -0.326 e. The molecule has 0 radical (unpaired) electrons. The fraction of sp³-hybridized carbons (Fsp3) is 0.417. The molecule has 2 atom stereocenters. The monoisotopic (exact) mass is 237 g/mol. The summed E-state index contributed by atoms with van der Waals surface area (Å²) in [7, 11) is 0. The Labute approximate surface area is 99.6 Å². The van der Waals surface area contributed by atoms with E-state index in [1.54, 1.807) is 4.90 Å². The van der Waals surface area contributed by atoms with Gasteiger partial charge in [-0.25, -0.2) is 9.18 Å². The molecule has 1 aliphatic rings. The van der Waals surface area contributed by atoms with Crippen LogP contribution in [0.1, 0.15) is 6.92 Å². The van der Waals surface area contributed by atoms with E-state index in [2.05, 4.69) is 5.32 Å². The van der Waals surface area contributed by atoms with E-state index in [4.69, 9.17) is 5.73 Å². The van der Waals surface area contributed by atoms with Crippen molar-refractivity contribution in [3.05, 3.63) is 30.1 Å². The molecule has 2 rings (SSSR count). The van der Waals surface area contributed by atoms with Crippen molar-refractivity contribution in [2.24, 2.45) is 11.7 Å². The molecule has 5 heteroatoms. The molecule has 1 fully saturated rings. The Balaban J connectivity index is 1.96. The first-order valence-electron chi connectivity index (χ1n) is 5.63. The third kappa shape index (κ3) is 2.74. The molecule has 0 saturated carbocycles. The van der Waals surface area contributed by atoms with Gasteiger partial charge in [-0.3, -0.25) is 0 Å². The molecule has 4 nitrogen and oxygen atoms in total. The predicted octanol–water partition coefficient (Wildman–Crippen LogP) is 1.64. The molecule has 1 aromatic carbocycles. The van der Waals surface area contributed by atoms with Crippen LogP contribution in [0.15, 0.2) is 24.3 Å². The Bertz CT molecular complexity index is 397.